The maximum absolute atomic E-state index is 13.3. The van der Waals surface area contributed by atoms with E-state index in [-0.39, 0.29) is 18.0 Å². The van der Waals surface area contributed by atoms with Crippen LogP contribution in [0.3, 0.4) is 0 Å². The molecule has 2 aromatic carbocycles. The van der Waals surface area contributed by atoms with E-state index in [0.29, 0.717) is 31.6 Å². The Morgan fingerprint density at radius 3 is 2.75 bits per heavy atom. The molecular formula is C24H23F3N5-. The van der Waals surface area contributed by atoms with Crippen LogP contribution in [-0.4, -0.2) is 28.7 Å². The van der Waals surface area contributed by atoms with E-state index >= 15 is 0 Å². The van der Waals surface area contributed by atoms with Crippen molar-refractivity contribution in [1.29, 1.82) is 5.26 Å². The third-order valence-electron chi connectivity index (χ3n) is 5.80. The minimum atomic E-state index is -4.37. The number of alkyl halides is 3. The molecule has 3 aromatic rings. The maximum Gasteiger partial charge on any atom is 0.416 e. The number of fused-ring (bicyclic) bond motifs is 1. The molecule has 4 rings (SSSR count). The van der Waals surface area contributed by atoms with Crippen LogP contribution in [0.25, 0.3) is 5.32 Å². The van der Waals surface area contributed by atoms with Crippen LogP contribution in [0.1, 0.15) is 27.9 Å². The minimum Gasteiger partial charge on any atom is -0.658 e. The van der Waals surface area contributed by atoms with Crippen molar-refractivity contribution >= 4 is 5.69 Å². The zero-order chi connectivity index (χ0) is 22.7. The van der Waals surface area contributed by atoms with Gasteiger partial charge in [0.25, 0.3) is 0 Å². The molecule has 0 aliphatic carbocycles. The predicted octanol–water partition coefficient (Wildman–Crippen LogP) is 4.86. The van der Waals surface area contributed by atoms with Gasteiger partial charge >= 0.3 is 6.18 Å². The van der Waals surface area contributed by atoms with Gasteiger partial charge in [-0.2, -0.15) is 18.4 Å². The number of benzene rings is 2. The number of aromatic nitrogens is 2. The maximum atomic E-state index is 13.3. The lowest BCUT2D eigenvalue weighted by Crippen LogP contribution is -2.38. The Balaban J connectivity index is 1.49. The summed E-state index contributed by atoms with van der Waals surface area (Å²) in [5, 5.41) is 14.0. The molecule has 0 bridgehead atoms. The number of rotatable bonds is 6. The van der Waals surface area contributed by atoms with E-state index in [1.807, 2.05) is 29.9 Å². The van der Waals surface area contributed by atoms with E-state index < -0.39 is 11.7 Å². The first kappa shape index (κ1) is 21.9. The van der Waals surface area contributed by atoms with Crippen molar-refractivity contribution in [3.8, 4) is 6.07 Å². The molecule has 0 N–H and O–H groups in total. The van der Waals surface area contributed by atoms with E-state index in [2.05, 4.69) is 16.0 Å². The monoisotopic (exact) mass is 438 g/mol. The molecule has 0 amide bonds. The normalized spacial score (nSPS) is 16.0. The highest BCUT2D eigenvalue weighted by molar-refractivity contribution is 5.59. The fourth-order valence-electron chi connectivity index (χ4n) is 4.19. The van der Waals surface area contributed by atoms with Gasteiger partial charge in [-0.3, -0.25) is 0 Å². The third kappa shape index (κ3) is 4.78. The first-order valence-corrected chi connectivity index (χ1v) is 10.4. The Hall–Kier alpha value is -3.31. The Labute approximate surface area is 185 Å². The number of nitriles is 1. The Morgan fingerprint density at radius 2 is 2.03 bits per heavy atom. The number of imidazole rings is 1. The van der Waals surface area contributed by atoms with Crippen LogP contribution < -0.4 is 4.90 Å². The van der Waals surface area contributed by atoms with E-state index in [1.165, 1.54) is 12.1 Å². The van der Waals surface area contributed by atoms with Crippen LogP contribution >= 0.6 is 0 Å². The van der Waals surface area contributed by atoms with Crippen molar-refractivity contribution in [2.75, 3.05) is 18.0 Å². The molecule has 166 valence electrons. The minimum absolute atomic E-state index is 0.0669. The Morgan fingerprint density at radius 1 is 1.22 bits per heavy atom. The van der Waals surface area contributed by atoms with Crippen molar-refractivity contribution in [3.63, 3.8) is 0 Å². The zero-order valence-electron chi connectivity index (χ0n) is 17.7. The summed E-state index contributed by atoms with van der Waals surface area (Å²) in [6.45, 7) is 1.61. The lowest BCUT2D eigenvalue weighted by molar-refractivity contribution is -0.138. The Bertz CT molecular complexity index is 1130. The van der Waals surface area contributed by atoms with Crippen molar-refractivity contribution < 1.29 is 13.2 Å². The molecule has 1 unspecified atom stereocenters. The van der Waals surface area contributed by atoms with Crippen LogP contribution in [0, 0.1) is 11.3 Å². The number of hydrogen-bond donors (Lipinski definition) is 0. The fraction of sp³-hybridized carbons (Fsp3) is 0.333. The van der Waals surface area contributed by atoms with Gasteiger partial charge in [-0.25, -0.2) is 4.98 Å². The number of nitrogens with zero attached hydrogens (tertiary/aromatic N) is 5. The molecule has 0 saturated heterocycles. The van der Waals surface area contributed by atoms with Crippen LogP contribution in [0.15, 0.2) is 55.0 Å². The lowest BCUT2D eigenvalue weighted by Gasteiger charge is -2.43. The molecule has 1 atom stereocenters. The van der Waals surface area contributed by atoms with E-state index in [9.17, 15) is 18.4 Å². The first-order valence-electron chi connectivity index (χ1n) is 10.4. The standard InChI is InChI=1S/C24H23F3N5/c1-31-16-29-13-21(31)15-32-14-20(11-19-10-17(12-28)6-7-23(19)32)30-9-8-18-4-2-3-5-22(18)24(25,26)27/h2-7,10,13,16,20H,8-9,11,14-15H2,1H3/q-1. The SMILES string of the molecule is Cn1cncc1CN1CC([N-]CCc2ccccc2C(F)(F)F)Cc2cc(C#N)ccc21. The van der Waals surface area contributed by atoms with Gasteiger partial charge < -0.3 is 14.8 Å². The average Bonchev–Trinajstić information content (AvgIpc) is 3.17. The van der Waals surface area contributed by atoms with Crippen molar-refractivity contribution in [2.24, 2.45) is 7.05 Å². The number of anilines is 1. The highest BCUT2D eigenvalue weighted by Gasteiger charge is 2.32. The summed E-state index contributed by atoms with van der Waals surface area (Å²) >= 11 is 0. The molecule has 8 heteroatoms. The van der Waals surface area contributed by atoms with E-state index in [1.54, 1.807) is 18.5 Å². The fourth-order valence-corrected chi connectivity index (χ4v) is 4.19. The Kier molecular flexibility index (Phi) is 6.19. The van der Waals surface area contributed by atoms with Gasteiger partial charge in [0.2, 0.25) is 0 Å². The third-order valence-corrected chi connectivity index (χ3v) is 5.80. The molecule has 5 nitrogen and oxygen atoms in total. The predicted molar refractivity (Wildman–Crippen MR) is 116 cm³/mol. The molecule has 1 aromatic heterocycles. The highest BCUT2D eigenvalue weighted by atomic mass is 19.4. The second kappa shape index (κ2) is 9.05. The molecule has 2 heterocycles. The molecule has 0 saturated carbocycles. The number of aryl methyl sites for hydroxylation is 1. The summed E-state index contributed by atoms with van der Waals surface area (Å²) in [5.74, 6) is 0. The summed E-state index contributed by atoms with van der Waals surface area (Å²) in [4.78, 5) is 6.38. The van der Waals surface area contributed by atoms with Gasteiger partial charge in [0, 0.05) is 25.5 Å². The number of halogens is 3. The van der Waals surface area contributed by atoms with Crippen molar-refractivity contribution in [2.45, 2.75) is 31.6 Å². The largest absolute Gasteiger partial charge is 0.658 e. The summed E-state index contributed by atoms with van der Waals surface area (Å²) < 4.78 is 41.7. The molecule has 0 fully saturated rings. The first-order chi connectivity index (χ1) is 15.3. The molecule has 1 aliphatic rings. The van der Waals surface area contributed by atoms with Gasteiger partial charge in [-0.1, -0.05) is 18.2 Å². The average molecular weight is 438 g/mol. The quantitative estimate of drug-likeness (QED) is 0.552. The molecule has 1 aliphatic heterocycles. The molecular weight excluding hydrogens is 415 g/mol. The molecule has 32 heavy (non-hydrogen) atoms. The van der Waals surface area contributed by atoms with E-state index in [0.717, 1.165) is 23.0 Å². The molecule has 0 radical (unpaired) electrons. The summed E-state index contributed by atoms with van der Waals surface area (Å²) in [5.41, 5.74) is 3.38. The lowest BCUT2D eigenvalue weighted by atomic mass is 9.95. The smallest absolute Gasteiger partial charge is 0.416 e. The van der Waals surface area contributed by atoms with Crippen LogP contribution in [0.4, 0.5) is 18.9 Å². The van der Waals surface area contributed by atoms with Gasteiger partial charge in [-0.05, 0) is 48.2 Å². The van der Waals surface area contributed by atoms with Crippen LogP contribution in [-0.2, 0) is 32.6 Å². The molecule has 0 spiro atoms. The van der Waals surface area contributed by atoms with Gasteiger partial charge in [0.05, 0.1) is 35.8 Å². The second-order valence-corrected chi connectivity index (χ2v) is 8.00. The van der Waals surface area contributed by atoms with E-state index in [4.69, 9.17) is 5.32 Å². The summed E-state index contributed by atoms with van der Waals surface area (Å²) in [7, 11) is 1.94. The highest BCUT2D eigenvalue weighted by Crippen LogP contribution is 2.34. The summed E-state index contributed by atoms with van der Waals surface area (Å²) in [6, 6.07) is 13.4. The summed E-state index contributed by atoms with van der Waals surface area (Å²) in [6.07, 6.45) is 0.0949. The van der Waals surface area contributed by atoms with Crippen LogP contribution in [0.2, 0.25) is 0 Å². The number of hydrogen-bond acceptors (Lipinski definition) is 3. The zero-order valence-corrected chi connectivity index (χ0v) is 17.7. The van der Waals surface area contributed by atoms with Crippen LogP contribution in [0.5, 0.6) is 0 Å². The van der Waals surface area contributed by atoms with Gasteiger partial charge in [0.15, 0.2) is 0 Å². The van der Waals surface area contributed by atoms with Crippen molar-refractivity contribution in [1.82, 2.24) is 9.55 Å². The van der Waals surface area contributed by atoms with Gasteiger partial charge in [0.1, 0.15) is 0 Å². The van der Waals surface area contributed by atoms with Crippen molar-refractivity contribution in [3.05, 3.63) is 88.3 Å². The van der Waals surface area contributed by atoms with Gasteiger partial charge in [-0.15, -0.1) is 12.6 Å². The topological polar surface area (TPSA) is 59.0 Å². The second-order valence-electron chi connectivity index (χ2n) is 8.00.